The summed E-state index contributed by atoms with van der Waals surface area (Å²) < 4.78 is 0. The van der Waals surface area contributed by atoms with E-state index in [1.807, 2.05) is 18.2 Å². The summed E-state index contributed by atoms with van der Waals surface area (Å²) in [4.78, 5) is 53.4. The lowest BCUT2D eigenvalue weighted by Gasteiger charge is -2.25. The third kappa shape index (κ3) is 7.77. The summed E-state index contributed by atoms with van der Waals surface area (Å²) >= 11 is 0. The van der Waals surface area contributed by atoms with Gasteiger partial charge in [-0.05, 0) is 29.3 Å². The van der Waals surface area contributed by atoms with E-state index in [9.17, 15) is 39.6 Å². The lowest BCUT2D eigenvalue weighted by Crippen LogP contribution is -2.58. The standard InChI is InChI=1S/C26H31N5O8/c27-18(12-32)23(35)29-20(9-14-5-7-16(34)8-6-14)24(36)30-21(25(37)31-22(13-33)26(38)39)10-15-11-28-19-4-2-1-3-17(15)19/h1-8,11,18,20-22,28,32-34H,9-10,12-13,27H2,(H,29,35)(H,30,36)(H,31,37)(H,38,39). The molecule has 4 unspecified atom stereocenters. The Kier molecular flexibility index (Phi) is 9.98. The van der Waals surface area contributed by atoms with Crippen LogP contribution in [-0.4, -0.2) is 86.5 Å². The van der Waals surface area contributed by atoms with Crippen molar-refractivity contribution in [3.8, 4) is 5.75 Å². The summed E-state index contributed by atoms with van der Waals surface area (Å²) in [6, 6.07) is 7.71. The van der Waals surface area contributed by atoms with Crippen LogP contribution in [0.25, 0.3) is 10.9 Å². The molecule has 39 heavy (non-hydrogen) atoms. The second-order valence-corrected chi connectivity index (χ2v) is 8.93. The van der Waals surface area contributed by atoms with Crippen molar-refractivity contribution in [1.29, 1.82) is 0 Å². The van der Waals surface area contributed by atoms with Crippen LogP contribution in [0.15, 0.2) is 54.7 Å². The average Bonchev–Trinajstić information content (AvgIpc) is 3.33. The highest BCUT2D eigenvalue weighted by molar-refractivity contribution is 5.95. The summed E-state index contributed by atoms with van der Waals surface area (Å²) in [6.45, 7) is -1.53. The van der Waals surface area contributed by atoms with Crippen LogP contribution >= 0.6 is 0 Å². The number of aromatic nitrogens is 1. The van der Waals surface area contributed by atoms with Gasteiger partial charge in [0.2, 0.25) is 17.7 Å². The number of carboxylic acids is 1. The van der Waals surface area contributed by atoms with Crippen LogP contribution in [0.5, 0.6) is 5.75 Å². The first-order valence-corrected chi connectivity index (χ1v) is 12.1. The average molecular weight is 542 g/mol. The Hall–Kier alpha value is -4.46. The molecule has 0 saturated heterocycles. The Morgan fingerprint density at radius 1 is 0.795 bits per heavy atom. The number of fused-ring (bicyclic) bond motifs is 1. The number of aliphatic hydroxyl groups excluding tert-OH is 2. The molecule has 0 spiro atoms. The number of phenolic OH excluding ortho intramolecular Hbond substituents is 1. The van der Waals surface area contributed by atoms with E-state index < -0.39 is 61.1 Å². The van der Waals surface area contributed by atoms with E-state index in [1.54, 1.807) is 24.4 Å². The molecular formula is C26H31N5O8. The molecule has 1 aromatic heterocycles. The predicted octanol–water partition coefficient (Wildman–Crippen LogP) is -1.49. The number of aromatic amines is 1. The molecular weight excluding hydrogens is 510 g/mol. The van der Waals surface area contributed by atoms with Gasteiger partial charge in [0.25, 0.3) is 0 Å². The van der Waals surface area contributed by atoms with Crippen molar-refractivity contribution < 1.29 is 39.6 Å². The quantitative estimate of drug-likeness (QED) is 0.123. The monoisotopic (exact) mass is 541 g/mol. The van der Waals surface area contributed by atoms with Crippen molar-refractivity contribution in [3.63, 3.8) is 0 Å². The number of aliphatic carboxylic acids is 1. The normalized spacial score (nSPS) is 14.1. The molecule has 0 bridgehead atoms. The number of carbonyl (C=O) groups is 4. The van der Waals surface area contributed by atoms with Crippen molar-refractivity contribution in [3.05, 3.63) is 65.9 Å². The Morgan fingerprint density at radius 2 is 1.38 bits per heavy atom. The Morgan fingerprint density at radius 3 is 2.00 bits per heavy atom. The minimum atomic E-state index is -1.60. The van der Waals surface area contributed by atoms with Gasteiger partial charge in [-0.25, -0.2) is 4.79 Å². The lowest BCUT2D eigenvalue weighted by molar-refractivity contribution is -0.143. The van der Waals surface area contributed by atoms with Gasteiger partial charge < -0.3 is 47.1 Å². The van der Waals surface area contributed by atoms with E-state index in [0.29, 0.717) is 11.1 Å². The van der Waals surface area contributed by atoms with E-state index in [4.69, 9.17) is 5.73 Å². The predicted molar refractivity (Wildman–Crippen MR) is 139 cm³/mol. The zero-order valence-corrected chi connectivity index (χ0v) is 20.8. The van der Waals surface area contributed by atoms with Gasteiger partial charge in [0.05, 0.1) is 13.2 Å². The first kappa shape index (κ1) is 29.1. The van der Waals surface area contributed by atoms with Crippen LogP contribution in [0, 0.1) is 0 Å². The number of para-hydroxylation sites is 1. The number of nitrogens with one attached hydrogen (secondary N) is 4. The maximum atomic E-state index is 13.4. The lowest BCUT2D eigenvalue weighted by atomic mass is 10.0. The Balaban J connectivity index is 1.89. The minimum absolute atomic E-state index is 0.00146. The molecule has 13 nitrogen and oxygen atoms in total. The third-order valence-corrected chi connectivity index (χ3v) is 6.07. The second-order valence-electron chi connectivity index (χ2n) is 8.93. The molecule has 0 aliphatic heterocycles. The number of H-pyrrole nitrogens is 1. The van der Waals surface area contributed by atoms with Gasteiger partial charge in [-0.15, -0.1) is 0 Å². The van der Waals surface area contributed by atoms with E-state index in [0.717, 1.165) is 10.9 Å². The fourth-order valence-electron chi connectivity index (χ4n) is 3.90. The molecule has 2 aromatic carbocycles. The van der Waals surface area contributed by atoms with E-state index >= 15 is 0 Å². The topological polar surface area (TPSA) is 227 Å². The van der Waals surface area contributed by atoms with Crippen LogP contribution in [0.2, 0.25) is 0 Å². The molecule has 3 amide bonds. The summed E-state index contributed by atoms with van der Waals surface area (Å²) in [5, 5.41) is 45.5. The zero-order valence-electron chi connectivity index (χ0n) is 20.8. The number of hydrogen-bond donors (Lipinski definition) is 9. The van der Waals surface area contributed by atoms with Crippen LogP contribution in [0.4, 0.5) is 0 Å². The van der Waals surface area contributed by atoms with Gasteiger partial charge in [0.15, 0.2) is 0 Å². The van der Waals surface area contributed by atoms with E-state index in [2.05, 4.69) is 20.9 Å². The largest absolute Gasteiger partial charge is 0.508 e. The number of benzene rings is 2. The second kappa shape index (κ2) is 13.4. The van der Waals surface area contributed by atoms with Crippen LogP contribution in [0.1, 0.15) is 11.1 Å². The summed E-state index contributed by atoms with van der Waals surface area (Å²) in [6.07, 6.45) is 1.56. The SMILES string of the molecule is NC(CO)C(=O)NC(Cc1ccc(O)cc1)C(=O)NC(Cc1c[nH]c2ccccc12)C(=O)NC(CO)C(=O)O. The zero-order chi connectivity index (χ0) is 28.5. The van der Waals surface area contributed by atoms with E-state index in [1.165, 1.54) is 12.1 Å². The number of hydrogen-bond acceptors (Lipinski definition) is 8. The molecule has 10 N–H and O–H groups in total. The Bertz CT molecular complexity index is 1310. The highest BCUT2D eigenvalue weighted by Gasteiger charge is 2.31. The highest BCUT2D eigenvalue weighted by atomic mass is 16.4. The third-order valence-electron chi connectivity index (χ3n) is 6.07. The fraction of sp³-hybridized carbons (Fsp3) is 0.308. The van der Waals surface area contributed by atoms with Gasteiger partial charge >= 0.3 is 5.97 Å². The maximum Gasteiger partial charge on any atom is 0.328 e. The van der Waals surface area contributed by atoms with Crippen molar-refractivity contribution in [2.24, 2.45) is 5.73 Å². The van der Waals surface area contributed by atoms with E-state index in [-0.39, 0.29) is 18.6 Å². The summed E-state index contributed by atoms with van der Waals surface area (Å²) in [5.74, 6) is -3.91. The molecule has 13 heteroatoms. The number of phenols is 1. The summed E-state index contributed by atoms with van der Waals surface area (Å²) in [7, 11) is 0. The smallest absolute Gasteiger partial charge is 0.328 e. The Labute approximate surface area is 223 Å². The molecule has 1 heterocycles. The van der Waals surface area contributed by atoms with Gasteiger partial charge in [-0.3, -0.25) is 14.4 Å². The molecule has 3 aromatic rings. The maximum absolute atomic E-state index is 13.4. The first-order chi connectivity index (χ1) is 18.6. The first-order valence-electron chi connectivity index (χ1n) is 12.1. The highest BCUT2D eigenvalue weighted by Crippen LogP contribution is 2.19. The number of aromatic hydroxyl groups is 1. The molecule has 4 atom stereocenters. The van der Waals surface area contributed by atoms with Crippen molar-refractivity contribution >= 4 is 34.6 Å². The molecule has 0 radical (unpaired) electrons. The number of carboxylic acid groups (broad SMARTS) is 1. The number of amides is 3. The van der Waals surface area contributed by atoms with Crippen molar-refractivity contribution in [1.82, 2.24) is 20.9 Å². The minimum Gasteiger partial charge on any atom is -0.508 e. The number of nitrogens with two attached hydrogens (primary N) is 1. The van der Waals surface area contributed by atoms with Crippen LogP contribution < -0.4 is 21.7 Å². The van der Waals surface area contributed by atoms with Gasteiger partial charge in [0.1, 0.15) is 29.9 Å². The molecule has 0 aliphatic rings. The summed E-state index contributed by atoms with van der Waals surface area (Å²) in [5.41, 5.74) is 7.60. The number of aliphatic hydroxyl groups is 2. The van der Waals surface area contributed by atoms with Crippen LogP contribution in [-0.2, 0) is 32.0 Å². The van der Waals surface area contributed by atoms with Crippen molar-refractivity contribution in [2.75, 3.05) is 13.2 Å². The van der Waals surface area contributed by atoms with Gasteiger partial charge in [-0.2, -0.15) is 0 Å². The van der Waals surface area contributed by atoms with Gasteiger partial charge in [0, 0.05) is 29.9 Å². The van der Waals surface area contributed by atoms with Gasteiger partial charge in [-0.1, -0.05) is 30.3 Å². The molecule has 3 rings (SSSR count). The molecule has 0 saturated carbocycles. The van der Waals surface area contributed by atoms with Crippen LogP contribution in [0.3, 0.4) is 0 Å². The number of rotatable bonds is 13. The molecule has 208 valence electrons. The molecule has 0 fully saturated rings. The molecule has 0 aliphatic carbocycles. The fourth-order valence-corrected chi connectivity index (χ4v) is 3.90. The van der Waals surface area contributed by atoms with Crippen molar-refractivity contribution in [2.45, 2.75) is 37.0 Å². The number of carbonyl (C=O) groups excluding carboxylic acids is 3.